The minimum absolute atomic E-state index is 0.129. The monoisotopic (exact) mass is 236 g/mol. The van der Waals surface area contributed by atoms with Gasteiger partial charge in [-0.05, 0) is 38.4 Å². The number of hydrogen-bond donors (Lipinski definition) is 1. The zero-order valence-corrected chi connectivity index (χ0v) is 10.5. The molecule has 1 saturated heterocycles. The lowest BCUT2D eigenvalue weighted by Gasteiger charge is -2.26. The van der Waals surface area contributed by atoms with Gasteiger partial charge in [0.25, 0.3) is 0 Å². The molecule has 0 radical (unpaired) electrons. The molecule has 0 saturated carbocycles. The van der Waals surface area contributed by atoms with Crippen LogP contribution in [0.3, 0.4) is 0 Å². The van der Waals surface area contributed by atoms with Crippen molar-refractivity contribution < 1.29 is 9.21 Å². The van der Waals surface area contributed by atoms with Gasteiger partial charge in [0.1, 0.15) is 11.5 Å². The van der Waals surface area contributed by atoms with E-state index in [0.29, 0.717) is 6.54 Å². The Kier molecular flexibility index (Phi) is 3.84. The summed E-state index contributed by atoms with van der Waals surface area (Å²) in [6.45, 7) is 4.31. The number of piperidine rings is 1. The molecule has 1 amide bonds. The number of furan rings is 1. The Morgan fingerprint density at radius 1 is 1.59 bits per heavy atom. The Morgan fingerprint density at radius 2 is 2.41 bits per heavy atom. The first-order chi connectivity index (χ1) is 8.16. The number of hydrogen-bond acceptors (Lipinski definition) is 3. The van der Waals surface area contributed by atoms with Gasteiger partial charge in [-0.1, -0.05) is 0 Å². The minimum atomic E-state index is 0.129. The third kappa shape index (κ3) is 3.09. The van der Waals surface area contributed by atoms with Crippen LogP contribution < -0.4 is 5.32 Å². The van der Waals surface area contributed by atoms with Crippen molar-refractivity contribution in [2.75, 3.05) is 20.1 Å². The molecule has 4 nitrogen and oxygen atoms in total. The van der Waals surface area contributed by atoms with Crippen LogP contribution >= 0.6 is 0 Å². The molecule has 0 aliphatic carbocycles. The second-order valence-corrected chi connectivity index (χ2v) is 4.75. The van der Waals surface area contributed by atoms with Crippen LogP contribution in [0, 0.1) is 12.8 Å². The van der Waals surface area contributed by atoms with Crippen LogP contribution in [0.4, 0.5) is 0 Å². The first-order valence-electron chi connectivity index (χ1n) is 6.18. The molecule has 1 N–H and O–H groups in total. The normalized spacial score (nSPS) is 20.2. The fourth-order valence-electron chi connectivity index (χ4n) is 2.26. The topological polar surface area (TPSA) is 45.5 Å². The smallest absolute Gasteiger partial charge is 0.227 e. The van der Waals surface area contributed by atoms with Gasteiger partial charge < -0.3 is 14.6 Å². The van der Waals surface area contributed by atoms with Crippen molar-refractivity contribution in [1.29, 1.82) is 0 Å². The maximum absolute atomic E-state index is 12.2. The minimum Gasteiger partial charge on any atom is -0.464 e. The van der Waals surface area contributed by atoms with Crippen molar-refractivity contribution in [3.63, 3.8) is 0 Å². The summed E-state index contributed by atoms with van der Waals surface area (Å²) in [5.41, 5.74) is 0. The van der Waals surface area contributed by atoms with Gasteiger partial charge in [0.15, 0.2) is 0 Å². The summed E-state index contributed by atoms with van der Waals surface area (Å²) in [5, 5.41) is 3.27. The SMILES string of the molecule is Cc1ccc(CN(C)C(=O)[C@H]2CCCNC2)o1. The zero-order valence-electron chi connectivity index (χ0n) is 10.5. The molecule has 0 spiro atoms. The van der Waals surface area contributed by atoms with Crippen LogP contribution in [0.2, 0.25) is 0 Å². The predicted octanol–water partition coefficient (Wildman–Crippen LogP) is 1.55. The van der Waals surface area contributed by atoms with Crippen LogP contribution in [0.25, 0.3) is 0 Å². The van der Waals surface area contributed by atoms with Crippen LogP contribution in [-0.2, 0) is 11.3 Å². The van der Waals surface area contributed by atoms with Crippen molar-refractivity contribution >= 4 is 5.91 Å². The van der Waals surface area contributed by atoms with Crippen LogP contribution in [0.5, 0.6) is 0 Å². The second kappa shape index (κ2) is 5.36. The fraction of sp³-hybridized carbons (Fsp3) is 0.615. The molecule has 2 rings (SSSR count). The van der Waals surface area contributed by atoms with Crippen molar-refractivity contribution in [3.8, 4) is 0 Å². The molecule has 1 atom stereocenters. The van der Waals surface area contributed by atoms with E-state index in [0.717, 1.165) is 37.5 Å². The molecule has 0 bridgehead atoms. The summed E-state index contributed by atoms with van der Waals surface area (Å²) in [7, 11) is 1.84. The fourth-order valence-corrected chi connectivity index (χ4v) is 2.26. The largest absolute Gasteiger partial charge is 0.464 e. The van der Waals surface area contributed by atoms with Gasteiger partial charge in [0, 0.05) is 13.6 Å². The van der Waals surface area contributed by atoms with Gasteiger partial charge in [-0.25, -0.2) is 0 Å². The number of aryl methyl sites for hydroxylation is 1. The van der Waals surface area contributed by atoms with Crippen LogP contribution in [0.1, 0.15) is 24.4 Å². The average molecular weight is 236 g/mol. The van der Waals surface area contributed by atoms with Crippen LogP contribution in [0.15, 0.2) is 16.5 Å². The van der Waals surface area contributed by atoms with Crippen molar-refractivity contribution in [1.82, 2.24) is 10.2 Å². The van der Waals surface area contributed by atoms with Crippen LogP contribution in [-0.4, -0.2) is 30.9 Å². The van der Waals surface area contributed by atoms with E-state index in [1.807, 2.05) is 26.1 Å². The highest BCUT2D eigenvalue weighted by Gasteiger charge is 2.24. The van der Waals surface area contributed by atoms with Gasteiger partial charge in [-0.3, -0.25) is 4.79 Å². The number of nitrogens with zero attached hydrogens (tertiary/aromatic N) is 1. The number of amides is 1. The Balaban J connectivity index is 1.90. The standard InChI is InChI=1S/C13H20N2O2/c1-10-5-6-12(17-10)9-15(2)13(16)11-4-3-7-14-8-11/h5-6,11,14H,3-4,7-9H2,1-2H3/t11-/m0/s1. The Bertz CT molecular complexity index is 381. The summed E-state index contributed by atoms with van der Waals surface area (Å²) in [5.74, 6) is 2.08. The summed E-state index contributed by atoms with van der Waals surface area (Å²) < 4.78 is 5.48. The molecule has 1 fully saturated rings. The Labute approximate surface area is 102 Å². The Morgan fingerprint density at radius 3 is 3.00 bits per heavy atom. The Hall–Kier alpha value is -1.29. The number of nitrogens with one attached hydrogen (secondary N) is 1. The first kappa shape index (κ1) is 12.2. The lowest BCUT2D eigenvalue weighted by atomic mass is 9.98. The van der Waals surface area contributed by atoms with E-state index >= 15 is 0 Å². The molecule has 2 heterocycles. The maximum Gasteiger partial charge on any atom is 0.227 e. The van der Waals surface area contributed by atoms with E-state index in [1.54, 1.807) is 4.90 Å². The summed E-state index contributed by atoms with van der Waals surface area (Å²) >= 11 is 0. The molecule has 94 valence electrons. The van der Waals surface area contributed by atoms with Gasteiger partial charge in [-0.2, -0.15) is 0 Å². The van der Waals surface area contributed by atoms with Gasteiger partial charge >= 0.3 is 0 Å². The lowest BCUT2D eigenvalue weighted by molar-refractivity contribution is -0.135. The molecule has 0 unspecified atom stereocenters. The molecule has 1 aliphatic heterocycles. The highest BCUT2D eigenvalue weighted by molar-refractivity contribution is 5.78. The second-order valence-electron chi connectivity index (χ2n) is 4.75. The van der Waals surface area contributed by atoms with Crippen molar-refractivity contribution in [3.05, 3.63) is 23.7 Å². The van der Waals surface area contributed by atoms with Crippen molar-refractivity contribution in [2.24, 2.45) is 5.92 Å². The summed E-state index contributed by atoms with van der Waals surface area (Å²) in [4.78, 5) is 13.9. The molecule has 17 heavy (non-hydrogen) atoms. The zero-order chi connectivity index (χ0) is 12.3. The summed E-state index contributed by atoms with van der Waals surface area (Å²) in [6.07, 6.45) is 2.08. The highest BCUT2D eigenvalue weighted by atomic mass is 16.3. The highest BCUT2D eigenvalue weighted by Crippen LogP contribution is 2.15. The average Bonchev–Trinajstić information content (AvgIpc) is 2.75. The summed E-state index contributed by atoms with van der Waals surface area (Å²) in [6, 6.07) is 3.86. The van der Waals surface area contributed by atoms with E-state index < -0.39 is 0 Å². The molecule has 1 aromatic rings. The third-order valence-corrected chi connectivity index (χ3v) is 3.21. The van der Waals surface area contributed by atoms with E-state index in [2.05, 4.69) is 5.32 Å². The van der Waals surface area contributed by atoms with E-state index in [-0.39, 0.29) is 11.8 Å². The third-order valence-electron chi connectivity index (χ3n) is 3.21. The number of carbonyl (C=O) groups excluding carboxylic acids is 1. The lowest BCUT2D eigenvalue weighted by Crippen LogP contribution is -2.41. The van der Waals surface area contributed by atoms with E-state index in [9.17, 15) is 4.79 Å². The van der Waals surface area contributed by atoms with Gasteiger partial charge in [0.05, 0.1) is 12.5 Å². The molecule has 0 aromatic carbocycles. The molecule has 1 aliphatic rings. The van der Waals surface area contributed by atoms with E-state index in [4.69, 9.17) is 4.42 Å². The molecule has 4 heteroatoms. The van der Waals surface area contributed by atoms with Crippen molar-refractivity contribution in [2.45, 2.75) is 26.3 Å². The van der Waals surface area contributed by atoms with E-state index in [1.165, 1.54) is 0 Å². The number of rotatable bonds is 3. The number of carbonyl (C=O) groups is 1. The quantitative estimate of drug-likeness (QED) is 0.866. The predicted molar refractivity (Wildman–Crippen MR) is 65.5 cm³/mol. The maximum atomic E-state index is 12.2. The molecular formula is C13H20N2O2. The first-order valence-corrected chi connectivity index (χ1v) is 6.18. The van der Waals surface area contributed by atoms with Gasteiger partial charge in [0.2, 0.25) is 5.91 Å². The molecular weight excluding hydrogens is 216 g/mol. The molecule has 1 aromatic heterocycles. The van der Waals surface area contributed by atoms with Gasteiger partial charge in [-0.15, -0.1) is 0 Å².